The summed E-state index contributed by atoms with van der Waals surface area (Å²) in [5, 5.41) is 25.4. The number of carboxylic acids is 2. The highest BCUT2D eigenvalue weighted by molar-refractivity contribution is 5.94. The lowest BCUT2D eigenvalue weighted by Crippen LogP contribution is -2.60. The van der Waals surface area contributed by atoms with E-state index in [1.165, 1.54) is 0 Å². The second-order valence-corrected chi connectivity index (χ2v) is 8.84. The molecule has 0 heterocycles. The highest BCUT2D eigenvalue weighted by atomic mass is 16.4. The summed E-state index contributed by atoms with van der Waals surface area (Å²) in [7, 11) is 0. The Hall–Kier alpha value is -2.69. The number of amides is 3. The van der Waals surface area contributed by atoms with Crippen molar-refractivity contribution >= 4 is 29.7 Å². The molecule has 11 nitrogen and oxygen atoms in total. The van der Waals surface area contributed by atoms with Crippen molar-refractivity contribution in [1.29, 1.82) is 0 Å². The molecule has 184 valence electrons. The predicted molar refractivity (Wildman–Crippen MR) is 117 cm³/mol. The molecule has 0 rings (SSSR count). The van der Waals surface area contributed by atoms with Crippen LogP contribution in [0.2, 0.25) is 0 Å². The third kappa shape index (κ3) is 10.1. The zero-order chi connectivity index (χ0) is 25.2. The summed E-state index contributed by atoms with van der Waals surface area (Å²) in [5.41, 5.74) is 5.92. The van der Waals surface area contributed by atoms with Crippen molar-refractivity contribution in [2.24, 2.45) is 23.5 Å². The summed E-state index contributed by atoms with van der Waals surface area (Å²) in [4.78, 5) is 60.2. The van der Waals surface area contributed by atoms with Gasteiger partial charge in [0.25, 0.3) is 0 Å². The van der Waals surface area contributed by atoms with Gasteiger partial charge in [0.15, 0.2) is 0 Å². The van der Waals surface area contributed by atoms with Crippen LogP contribution in [0.3, 0.4) is 0 Å². The molecule has 0 aromatic carbocycles. The Bertz CT molecular complexity index is 681. The number of hydrogen-bond donors (Lipinski definition) is 6. The SMILES string of the molecule is CCC(C)C(NC(=O)C(N)CC(C)C)C(=O)NC(C(=O)NC(CC(=O)O)C(=O)O)C(C)C. The Morgan fingerprint density at radius 2 is 1.31 bits per heavy atom. The molecule has 0 saturated heterocycles. The molecule has 0 bridgehead atoms. The van der Waals surface area contributed by atoms with Crippen molar-refractivity contribution in [2.75, 3.05) is 0 Å². The molecular weight excluding hydrogens is 420 g/mol. The quantitative estimate of drug-likeness (QED) is 0.211. The van der Waals surface area contributed by atoms with E-state index in [2.05, 4.69) is 16.0 Å². The van der Waals surface area contributed by atoms with Gasteiger partial charge in [-0.05, 0) is 24.2 Å². The van der Waals surface area contributed by atoms with Crippen LogP contribution in [-0.4, -0.2) is 64.0 Å². The lowest BCUT2D eigenvalue weighted by atomic mass is 9.95. The van der Waals surface area contributed by atoms with Crippen LogP contribution < -0.4 is 21.7 Å². The van der Waals surface area contributed by atoms with Crippen LogP contribution in [0.1, 0.15) is 60.8 Å². The fourth-order valence-corrected chi connectivity index (χ4v) is 2.99. The number of carboxylic acid groups (broad SMARTS) is 2. The summed E-state index contributed by atoms with van der Waals surface area (Å²) in [6.07, 6.45) is 0.201. The van der Waals surface area contributed by atoms with Gasteiger partial charge in [-0.25, -0.2) is 4.79 Å². The van der Waals surface area contributed by atoms with E-state index in [1.54, 1.807) is 20.8 Å². The molecule has 0 aliphatic rings. The van der Waals surface area contributed by atoms with Gasteiger partial charge in [0.05, 0.1) is 12.5 Å². The van der Waals surface area contributed by atoms with E-state index >= 15 is 0 Å². The molecule has 0 aromatic rings. The number of hydrogen-bond acceptors (Lipinski definition) is 6. The molecule has 32 heavy (non-hydrogen) atoms. The highest BCUT2D eigenvalue weighted by Gasteiger charge is 2.34. The first-order valence-electron chi connectivity index (χ1n) is 10.8. The van der Waals surface area contributed by atoms with Crippen LogP contribution in [0, 0.1) is 17.8 Å². The maximum atomic E-state index is 13.0. The Kier molecular flexibility index (Phi) is 12.5. The number of carbonyl (C=O) groups excluding carboxylic acids is 3. The fraction of sp³-hybridized carbons (Fsp3) is 0.762. The highest BCUT2D eigenvalue weighted by Crippen LogP contribution is 2.12. The molecule has 0 spiro atoms. The van der Waals surface area contributed by atoms with Crippen molar-refractivity contribution in [3.8, 4) is 0 Å². The van der Waals surface area contributed by atoms with E-state index in [0.717, 1.165) is 0 Å². The molecular formula is C21H38N4O7. The van der Waals surface area contributed by atoms with E-state index in [4.69, 9.17) is 15.9 Å². The van der Waals surface area contributed by atoms with Gasteiger partial charge >= 0.3 is 11.9 Å². The number of nitrogens with two attached hydrogens (primary N) is 1. The average Bonchev–Trinajstić information content (AvgIpc) is 2.67. The maximum Gasteiger partial charge on any atom is 0.326 e. The summed E-state index contributed by atoms with van der Waals surface area (Å²) in [6.45, 7) is 10.8. The van der Waals surface area contributed by atoms with Crippen LogP contribution in [0.4, 0.5) is 0 Å². The standard InChI is InChI=1S/C21H38N4O7/c1-7-12(6)17(25-18(28)13(22)8-10(2)3)20(30)24-16(11(4)5)19(29)23-14(21(31)32)9-15(26)27/h10-14,16-17H,7-9,22H2,1-6H3,(H,23,29)(H,24,30)(H,25,28)(H,26,27)(H,31,32). The van der Waals surface area contributed by atoms with Crippen LogP contribution in [0.15, 0.2) is 0 Å². The first kappa shape index (κ1) is 29.3. The van der Waals surface area contributed by atoms with Gasteiger partial charge < -0.3 is 31.9 Å². The first-order valence-corrected chi connectivity index (χ1v) is 10.8. The van der Waals surface area contributed by atoms with Crippen LogP contribution in [-0.2, 0) is 24.0 Å². The molecule has 3 amide bonds. The van der Waals surface area contributed by atoms with E-state index in [1.807, 2.05) is 20.8 Å². The lowest BCUT2D eigenvalue weighted by molar-refractivity contribution is -0.147. The predicted octanol–water partition coefficient (Wildman–Crippen LogP) is 0.0756. The number of rotatable bonds is 14. The molecule has 0 radical (unpaired) electrons. The Morgan fingerprint density at radius 1 is 0.812 bits per heavy atom. The third-order valence-corrected chi connectivity index (χ3v) is 5.10. The van der Waals surface area contributed by atoms with Gasteiger partial charge in [-0.3, -0.25) is 19.2 Å². The van der Waals surface area contributed by atoms with Crippen LogP contribution >= 0.6 is 0 Å². The third-order valence-electron chi connectivity index (χ3n) is 5.10. The number of aliphatic carboxylic acids is 2. The molecule has 0 saturated carbocycles. The van der Waals surface area contributed by atoms with Crippen molar-refractivity contribution in [3.05, 3.63) is 0 Å². The van der Waals surface area contributed by atoms with Crippen molar-refractivity contribution < 1.29 is 34.2 Å². The smallest absolute Gasteiger partial charge is 0.326 e. The Labute approximate surface area is 188 Å². The van der Waals surface area contributed by atoms with E-state index in [0.29, 0.717) is 12.8 Å². The number of carbonyl (C=O) groups is 5. The van der Waals surface area contributed by atoms with Crippen molar-refractivity contribution in [3.63, 3.8) is 0 Å². The molecule has 0 aliphatic heterocycles. The summed E-state index contributed by atoms with van der Waals surface area (Å²) in [6, 6.07) is -4.51. The molecule has 0 aromatic heterocycles. The van der Waals surface area contributed by atoms with Gasteiger partial charge in [0, 0.05) is 0 Å². The average molecular weight is 459 g/mol. The first-order chi connectivity index (χ1) is 14.7. The summed E-state index contributed by atoms with van der Waals surface area (Å²) in [5.74, 6) is -5.31. The minimum absolute atomic E-state index is 0.189. The minimum Gasteiger partial charge on any atom is -0.481 e. The zero-order valence-corrected chi connectivity index (χ0v) is 19.7. The molecule has 0 fully saturated rings. The normalized spacial score (nSPS) is 15.9. The van der Waals surface area contributed by atoms with Crippen LogP contribution in [0.25, 0.3) is 0 Å². The van der Waals surface area contributed by atoms with E-state index < -0.39 is 66.2 Å². The van der Waals surface area contributed by atoms with Gasteiger partial charge in [0.1, 0.15) is 18.1 Å². The van der Waals surface area contributed by atoms with Gasteiger partial charge in [-0.2, -0.15) is 0 Å². The second kappa shape index (κ2) is 13.7. The van der Waals surface area contributed by atoms with Crippen molar-refractivity contribution in [2.45, 2.75) is 85.0 Å². The van der Waals surface area contributed by atoms with Gasteiger partial charge in [0.2, 0.25) is 17.7 Å². The van der Waals surface area contributed by atoms with E-state index in [9.17, 15) is 24.0 Å². The second-order valence-electron chi connectivity index (χ2n) is 8.84. The maximum absolute atomic E-state index is 13.0. The van der Waals surface area contributed by atoms with E-state index in [-0.39, 0.29) is 11.8 Å². The number of nitrogens with one attached hydrogen (secondary N) is 3. The molecule has 5 unspecified atom stereocenters. The van der Waals surface area contributed by atoms with Gasteiger partial charge in [-0.15, -0.1) is 0 Å². The molecule has 7 N–H and O–H groups in total. The lowest BCUT2D eigenvalue weighted by Gasteiger charge is -2.29. The minimum atomic E-state index is -1.64. The summed E-state index contributed by atoms with van der Waals surface area (Å²) < 4.78 is 0. The van der Waals surface area contributed by atoms with Gasteiger partial charge in [-0.1, -0.05) is 48.0 Å². The molecule has 5 atom stereocenters. The zero-order valence-electron chi connectivity index (χ0n) is 19.7. The Morgan fingerprint density at radius 3 is 1.72 bits per heavy atom. The van der Waals surface area contributed by atoms with Crippen molar-refractivity contribution in [1.82, 2.24) is 16.0 Å². The fourth-order valence-electron chi connectivity index (χ4n) is 2.99. The Balaban J connectivity index is 5.49. The molecule has 11 heteroatoms. The molecule has 0 aliphatic carbocycles. The van der Waals surface area contributed by atoms with Crippen LogP contribution in [0.5, 0.6) is 0 Å². The summed E-state index contributed by atoms with van der Waals surface area (Å²) >= 11 is 0. The monoisotopic (exact) mass is 458 g/mol. The largest absolute Gasteiger partial charge is 0.481 e. The topological polar surface area (TPSA) is 188 Å².